The number of nitrogens with one attached hydrogen (secondary N) is 1. The standard InChI is InChI=1S/C19H20F3N3O/c20-15-6-7-16(18(22)17(15)21)24-10-12-25(13-11-24)19(26)23-9-8-14-4-2-1-3-5-14/h1-7H,8-13H2,(H,23,26). The Bertz CT molecular complexity index is 762. The van der Waals surface area contributed by atoms with Gasteiger partial charge in [-0.2, -0.15) is 0 Å². The molecule has 0 unspecified atom stereocenters. The molecule has 26 heavy (non-hydrogen) atoms. The van der Waals surface area contributed by atoms with E-state index in [-0.39, 0.29) is 11.7 Å². The van der Waals surface area contributed by atoms with Crippen LogP contribution < -0.4 is 10.2 Å². The normalized spacial score (nSPS) is 14.4. The number of hydrogen-bond acceptors (Lipinski definition) is 2. The first-order valence-corrected chi connectivity index (χ1v) is 8.51. The lowest BCUT2D eigenvalue weighted by molar-refractivity contribution is 0.194. The lowest BCUT2D eigenvalue weighted by atomic mass is 10.1. The summed E-state index contributed by atoms with van der Waals surface area (Å²) < 4.78 is 40.3. The minimum absolute atomic E-state index is 0.0213. The topological polar surface area (TPSA) is 35.6 Å². The van der Waals surface area contributed by atoms with Crippen LogP contribution in [0.4, 0.5) is 23.7 Å². The van der Waals surface area contributed by atoms with Crippen molar-refractivity contribution in [2.45, 2.75) is 6.42 Å². The number of urea groups is 1. The Morgan fingerprint density at radius 2 is 1.62 bits per heavy atom. The van der Waals surface area contributed by atoms with Gasteiger partial charge < -0.3 is 15.1 Å². The van der Waals surface area contributed by atoms with Crippen LogP contribution in [0.3, 0.4) is 0 Å². The highest BCUT2D eigenvalue weighted by molar-refractivity contribution is 5.74. The predicted octanol–water partition coefficient (Wildman–Crippen LogP) is 3.18. The molecule has 1 saturated heterocycles. The number of anilines is 1. The van der Waals surface area contributed by atoms with E-state index in [4.69, 9.17) is 0 Å². The van der Waals surface area contributed by atoms with Crippen LogP contribution in [0.5, 0.6) is 0 Å². The van der Waals surface area contributed by atoms with Crippen molar-refractivity contribution in [3.63, 3.8) is 0 Å². The van der Waals surface area contributed by atoms with Gasteiger partial charge in [-0.3, -0.25) is 0 Å². The fourth-order valence-corrected chi connectivity index (χ4v) is 2.98. The van der Waals surface area contributed by atoms with Crippen LogP contribution in [-0.4, -0.2) is 43.7 Å². The van der Waals surface area contributed by atoms with Gasteiger partial charge in [0.1, 0.15) is 0 Å². The van der Waals surface area contributed by atoms with Crippen molar-refractivity contribution in [1.29, 1.82) is 0 Å². The zero-order valence-corrected chi connectivity index (χ0v) is 14.2. The largest absolute Gasteiger partial charge is 0.366 e. The molecule has 0 aromatic heterocycles. The number of halogens is 3. The van der Waals surface area contributed by atoms with Crippen LogP contribution in [-0.2, 0) is 6.42 Å². The first kappa shape index (κ1) is 18.1. The third kappa shape index (κ3) is 4.09. The molecule has 1 heterocycles. The van der Waals surface area contributed by atoms with Crippen molar-refractivity contribution < 1.29 is 18.0 Å². The number of rotatable bonds is 4. The number of benzene rings is 2. The van der Waals surface area contributed by atoms with Crippen molar-refractivity contribution in [2.24, 2.45) is 0 Å². The summed E-state index contributed by atoms with van der Waals surface area (Å²) in [5, 5.41) is 2.87. The van der Waals surface area contributed by atoms with E-state index in [1.807, 2.05) is 30.3 Å². The molecule has 2 amide bonds. The van der Waals surface area contributed by atoms with E-state index >= 15 is 0 Å². The van der Waals surface area contributed by atoms with E-state index in [0.29, 0.717) is 32.7 Å². The summed E-state index contributed by atoms with van der Waals surface area (Å²) in [6.07, 6.45) is 0.743. The zero-order chi connectivity index (χ0) is 18.5. The molecule has 7 heteroatoms. The quantitative estimate of drug-likeness (QED) is 0.847. The van der Waals surface area contributed by atoms with E-state index < -0.39 is 17.5 Å². The van der Waals surface area contributed by atoms with Gasteiger partial charge in [0.2, 0.25) is 0 Å². The van der Waals surface area contributed by atoms with Gasteiger partial charge in [-0.15, -0.1) is 0 Å². The van der Waals surface area contributed by atoms with Gasteiger partial charge in [-0.05, 0) is 24.1 Å². The first-order valence-electron chi connectivity index (χ1n) is 8.51. The summed E-state index contributed by atoms with van der Waals surface area (Å²) in [5.41, 5.74) is 1.17. The van der Waals surface area contributed by atoms with E-state index in [2.05, 4.69) is 5.32 Å². The Labute approximate surface area is 150 Å². The van der Waals surface area contributed by atoms with E-state index in [1.54, 1.807) is 9.80 Å². The van der Waals surface area contributed by atoms with Gasteiger partial charge in [0, 0.05) is 32.7 Å². The second-order valence-electron chi connectivity index (χ2n) is 6.14. The van der Waals surface area contributed by atoms with Crippen molar-refractivity contribution >= 4 is 11.7 Å². The summed E-state index contributed by atoms with van der Waals surface area (Å²) in [4.78, 5) is 15.5. The summed E-state index contributed by atoms with van der Waals surface area (Å²) >= 11 is 0. The second kappa shape index (κ2) is 8.12. The number of carbonyl (C=O) groups is 1. The van der Waals surface area contributed by atoms with Crippen LogP contribution >= 0.6 is 0 Å². The van der Waals surface area contributed by atoms with Crippen LogP contribution in [0.1, 0.15) is 5.56 Å². The highest BCUT2D eigenvalue weighted by Gasteiger charge is 2.24. The summed E-state index contributed by atoms with van der Waals surface area (Å²) in [6.45, 7) is 2.01. The minimum Gasteiger partial charge on any atom is -0.366 e. The molecule has 1 aliphatic rings. The molecule has 3 rings (SSSR count). The van der Waals surface area contributed by atoms with Crippen LogP contribution in [0.25, 0.3) is 0 Å². The lowest BCUT2D eigenvalue weighted by Gasteiger charge is -2.36. The van der Waals surface area contributed by atoms with E-state index in [0.717, 1.165) is 18.1 Å². The molecule has 0 bridgehead atoms. The second-order valence-corrected chi connectivity index (χ2v) is 6.14. The summed E-state index contributed by atoms with van der Waals surface area (Å²) in [7, 11) is 0. The molecule has 0 saturated carbocycles. The molecule has 138 valence electrons. The third-order valence-electron chi connectivity index (χ3n) is 4.46. The molecular formula is C19H20F3N3O. The molecule has 0 atom stereocenters. The molecule has 1 aliphatic heterocycles. The van der Waals surface area contributed by atoms with Crippen LogP contribution in [0.2, 0.25) is 0 Å². The number of piperazine rings is 1. The Balaban J connectivity index is 1.49. The SMILES string of the molecule is O=C(NCCc1ccccc1)N1CCN(c2ccc(F)c(F)c2F)CC1. The van der Waals surface area contributed by atoms with Gasteiger partial charge >= 0.3 is 6.03 Å². The smallest absolute Gasteiger partial charge is 0.317 e. The molecule has 0 radical (unpaired) electrons. The van der Waals surface area contributed by atoms with Crippen LogP contribution in [0.15, 0.2) is 42.5 Å². The molecule has 4 nitrogen and oxygen atoms in total. The maximum atomic E-state index is 13.9. The van der Waals surface area contributed by atoms with Crippen LogP contribution in [0, 0.1) is 17.5 Å². The highest BCUT2D eigenvalue weighted by Crippen LogP contribution is 2.24. The van der Waals surface area contributed by atoms with Gasteiger partial charge in [0.05, 0.1) is 5.69 Å². The Morgan fingerprint density at radius 1 is 0.923 bits per heavy atom. The molecule has 1 fully saturated rings. The van der Waals surface area contributed by atoms with Gasteiger partial charge in [0.15, 0.2) is 17.5 Å². The molecule has 0 aliphatic carbocycles. The Morgan fingerprint density at radius 3 is 2.31 bits per heavy atom. The first-order chi connectivity index (χ1) is 12.6. The lowest BCUT2D eigenvalue weighted by Crippen LogP contribution is -2.52. The summed E-state index contributed by atoms with van der Waals surface area (Å²) in [6, 6.07) is 11.8. The number of amides is 2. The summed E-state index contributed by atoms with van der Waals surface area (Å²) in [5.74, 6) is -3.86. The highest BCUT2D eigenvalue weighted by atomic mass is 19.2. The van der Waals surface area contributed by atoms with Gasteiger partial charge in [-0.25, -0.2) is 18.0 Å². The maximum absolute atomic E-state index is 13.9. The maximum Gasteiger partial charge on any atom is 0.317 e. The average molecular weight is 363 g/mol. The van der Waals surface area contributed by atoms with Crippen molar-refractivity contribution in [3.8, 4) is 0 Å². The predicted molar refractivity (Wildman–Crippen MR) is 93.6 cm³/mol. The Hall–Kier alpha value is -2.70. The number of nitrogens with zero attached hydrogens (tertiary/aromatic N) is 2. The number of hydrogen-bond donors (Lipinski definition) is 1. The van der Waals surface area contributed by atoms with Crippen molar-refractivity contribution in [2.75, 3.05) is 37.6 Å². The fourth-order valence-electron chi connectivity index (χ4n) is 2.98. The monoisotopic (exact) mass is 363 g/mol. The minimum atomic E-state index is -1.47. The number of carbonyl (C=O) groups excluding carboxylic acids is 1. The molecule has 0 spiro atoms. The van der Waals surface area contributed by atoms with Crippen molar-refractivity contribution in [1.82, 2.24) is 10.2 Å². The average Bonchev–Trinajstić information content (AvgIpc) is 2.67. The molecular weight excluding hydrogens is 343 g/mol. The molecule has 2 aromatic carbocycles. The molecule has 2 aromatic rings. The van der Waals surface area contributed by atoms with Crippen molar-refractivity contribution in [3.05, 3.63) is 65.5 Å². The van der Waals surface area contributed by atoms with Gasteiger partial charge in [0.25, 0.3) is 0 Å². The van der Waals surface area contributed by atoms with Gasteiger partial charge in [-0.1, -0.05) is 30.3 Å². The third-order valence-corrected chi connectivity index (χ3v) is 4.46. The Kier molecular flexibility index (Phi) is 5.65. The van der Waals surface area contributed by atoms with E-state index in [9.17, 15) is 18.0 Å². The van der Waals surface area contributed by atoms with E-state index in [1.165, 1.54) is 6.07 Å². The molecule has 1 N–H and O–H groups in total. The fraction of sp³-hybridized carbons (Fsp3) is 0.316. The zero-order valence-electron chi connectivity index (χ0n) is 14.2.